The van der Waals surface area contributed by atoms with Gasteiger partial charge >= 0.3 is 0 Å². The summed E-state index contributed by atoms with van der Waals surface area (Å²) in [4.78, 5) is 15.0. The monoisotopic (exact) mass is 270 g/mol. The van der Waals surface area contributed by atoms with Crippen molar-refractivity contribution in [3.8, 4) is 0 Å². The van der Waals surface area contributed by atoms with Gasteiger partial charge in [-0.2, -0.15) is 4.39 Å². The summed E-state index contributed by atoms with van der Waals surface area (Å²) in [6.45, 7) is 0. The van der Waals surface area contributed by atoms with E-state index < -0.39 is 34.9 Å². The Morgan fingerprint density at radius 3 is 2.26 bits per heavy atom. The van der Waals surface area contributed by atoms with E-state index in [0.717, 1.165) is 6.07 Å². The van der Waals surface area contributed by atoms with Crippen LogP contribution in [0.2, 0.25) is 0 Å². The number of halogens is 4. The van der Waals surface area contributed by atoms with Gasteiger partial charge in [0, 0.05) is 5.56 Å². The third kappa shape index (κ3) is 2.87. The average Bonchev–Trinajstić information content (AvgIpc) is 2.35. The molecule has 98 valence electrons. The molecule has 2 rings (SSSR count). The van der Waals surface area contributed by atoms with Crippen molar-refractivity contribution in [3.63, 3.8) is 0 Å². The first-order valence-electron chi connectivity index (χ1n) is 5.06. The molecule has 0 saturated carbocycles. The number of pyridine rings is 1. The summed E-state index contributed by atoms with van der Waals surface area (Å²) in [7, 11) is 0. The molecule has 3 nitrogen and oxygen atoms in total. The SMILES string of the molecule is O=C(Nc1cccc(F)n1)c1cc(F)c(F)c(F)c1. The highest BCUT2D eigenvalue weighted by Crippen LogP contribution is 2.15. The van der Waals surface area contributed by atoms with Crippen LogP contribution < -0.4 is 5.32 Å². The van der Waals surface area contributed by atoms with E-state index >= 15 is 0 Å². The van der Waals surface area contributed by atoms with Crippen LogP contribution in [-0.4, -0.2) is 10.9 Å². The Balaban J connectivity index is 2.25. The molecule has 0 aliphatic carbocycles. The Hall–Kier alpha value is -2.44. The first-order valence-corrected chi connectivity index (χ1v) is 5.06. The fraction of sp³-hybridized carbons (Fsp3) is 0. The number of anilines is 1. The van der Waals surface area contributed by atoms with E-state index in [-0.39, 0.29) is 5.82 Å². The number of rotatable bonds is 2. The number of hydrogen-bond donors (Lipinski definition) is 1. The van der Waals surface area contributed by atoms with Gasteiger partial charge in [-0.3, -0.25) is 4.79 Å². The smallest absolute Gasteiger partial charge is 0.257 e. The molecular formula is C12H6F4N2O. The van der Waals surface area contributed by atoms with E-state index in [0.29, 0.717) is 12.1 Å². The Morgan fingerprint density at radius 1 is 1.05 bits per heavy atom. The van der Waals surface area contributed by atoms with Crippen molar-refractivity contribution in [2.24, 2.45) is 0 Å². The average molecular weight is 270 g/mol. The fourth-order valence-electron chi connectivity index (χ4n) is 1.35. The van der Waals surface area contributed by atoms with Crippen LogP contribution in [0.1, 0.15) is 10.4 Å². The van der Waals surface area contributed by atoms with Crippen LogP contribution in [0, 0.1) is 23.4 Å². The second kappa shape index (κ2) is 5.05. The van der Waals surface area contributed by atoms with Crippen molar-refractivity contribution in [1.29, 1.82) is 0 Å². The highest BCUT2D eigenvalue weighted by atomic mass is 19.2. The lowest BCUT2D eigenvalue weighted by atomic mass is 10.2. The fourth-order valence-corrected chi connectivity index (χ4v) is 1.35. The van der Waals surface area contributed by atoms with Crippen molar-refractivity contribution in [3.05, 3.63) is 59.3 Å². The molecule has 0 radical (unpaired) electrons. The van der Waals surface area contributed by atoms with Crippen LogP contribution in [0.5, 0.6) is 0 Å². The number of nitrogens with zero attached hydrogens (tertiary/aromatic N) is 1. The summed E-state index contributed by atoms with van der Waals surface area (Å²) in [5.41, 5.74) is -0.442. The zero-order valence-corrected chi connectivity index (χ0v) is 9.25. The van der Waals surface area contributed by atoms with Crippen LogP contribution in [0.15, 0.2) is 30.3 Å². The van der Waals surface area contributed by atoms with Gasteiger partial charge in [-0.15, -0.1) is 0 Å². The van der Waals surface area contributed by atoms with Crippen LogP contribution >= 0.6 is 0 Å². The van der Waals surface area contributed by atoms with Gasteiger partial charge in [-0.05, 0) is 24.3 Å². The van der Waals surface area contributed by atoms with Gasteiger partial charge in [-0.1, -0.05) is 6.07 Å². The Bertz CT molecular complexity index is 622. The maximum Gasteiger partial charge on any atom is 0.257 e. The molecule has 1 amide bonds. The number of hydrogen-bond acceptors (Lipinski definition) is 2. The molecule has 1 aromatic heterocycles. The molecule has 0 aliphatic rings. The molecule has 0 atom stereocenters. The minimum absolute atomic E-state index is 0.129. The number of carbonyl (C=O) groups is 1. The minimum atomic E-state index is -1.67. The first kappa shape index (κ1) is 13.0. The van der Waals surface area contributed by atoms with Crippen molar-refractivity contribution >= 4 is 11.7 Å². The molecule has 0 bridgehead atoms. The topological polar surface area (TPSA) is 42.0 Å². The van der Waals surface area contributed by atoms with E-state index in [1.165, 1.54) is 12.1 Å². The maximum atomic E-state index is 12.9. The quantitative estimate of drug-likeness (QED) is 0.518. The van der Waals surface area contributed by atoms with Crippen LogP contribution in [0.4, 0.5) is 23.4 Å². The molecule has 0 fully saturated rings. The lowest BCUT2D eigenvalue weighted by Gasteiger charge is -2.05. The maximum absolute atomic E-state index is 12.9. The highest BCUT2D eigenvalue weighted by molar-refractivity contribution is 6.03. The number of aromatic nitrogens is 1. The zero-order chi connectivity index (χ0) is 14.0. The van der Waals surface area contributed by atoms with E-state index in [4.69, 9.17) is 0 Å². The van der Waals surface area contributed by atoms with Crippen LogP contribution in [0.25, 0.3) is 0 Å². The van der Waals surface area contributed by atoms with E-state index in [1.54, 1.807) is 0 Å². The Labute approximate surface area is 104 Å². The molecule has 1 aromatic carbocycles. The van der Waals surface area contributed by atoms with Gasteiger partial charge in [0.05, 0.1) is 0 Å². The van der Waals surface area contributed by atoms with Gasteiger partial charge in [0.2, 0.25) is 5.95 Å². The lowest BCUT2D eigenvalue weighted by Crippen LogP contribution is -2.14. The predicted octanol–water partition coefficient (Wildman–Crippen LogP) is 2.89. The minimum Gasteiger partial charge on any atom is -0.306 e. The summed E-state index contributed by atoms with van der Waals surface area (Å²) >= 11 is 0. The largest absolute Gasteiger partial charge is 0.306 e. The van der Waals surface area contributed by atoms with Crippen molar-refractivity contribution < 1.29 is 22.4 Å². The van der Waals surface area contributed by atoms with Crippen LogP contribution in [0.3, 0.4) is 0 Å². The van der Waals surface area contributed by atoms with Gasteiger partial charge in [0.25, 0.3) is 5.91 Å². The third-order valence-electron chi connectivity index (χ3n) is 2.20. The van der Waals surface area contributed by atoms with Crippen LogP contribution in [-0.2, 0) is 0 Å². The summed E-state index contributed by atoms with van der Waals surface area (Å²) in [6, 6.07) is 4.72. The highest BCUT2D eigenvalue weighted by Gasteiger charge is 2.15. The second-order valence-electron chi connectivity index (χ2n) is 3.55. The summed E-state index contributed by atoms with van der Waals surface area (Å²) in [5, 5.41) is 2.13. The second-order valence-corrected chi connectivity index (χ2v) is 3.55. The standard InChI is InChI=1S/C12H6F4N2O/c13-7-4-6(5-8(14)11(7)16)12(19)18-10-3-1-2-9(15)17-10/h1-5H,(H,17,18,19). The molecule has 0 spiro atoms. The zero-order valence-electron chi connectivity index (χ0n) is 9.25. The van der Waals surface area contributed by atoms with Gasteiger partial charge in [-0.25, -0.2) is 18.2 Å². The van der Waals surface area contributed by atoms with Gasteiger partial charge in [0.1, 0.15) is 5.82 Å². The predicted molar refractivity (Wildman–Crippen MR) is 58.5 cm³/mol. The number of benzene rings is 1. The first-order chi connectivity index (χ1) is 8.97. The molecule has 7 heteroatoms. The summed E-state index contributed by atoms with van der Waals surface area (Å²) in [6.07, 6.45) is 0. The summed E-state index contributed by atoms with van der Waals surface area (Å²) < 4.78 is 51.3. The number of amides is 1. The Morgan fingerprint density at radius 2 is 1.68 bits per heavy atom. The number of nitrogens with one attached hydrogen (secondary N) is 1. The molecule has 19 heavy (non-hydrogen) atoms. The molecule has 1 N–H and O–H groups in total. The molecule has 0 aliphatic heterocycles. The van der Waals surface area contributed by atoms with E-state index in [9.17, 15) is 22.4 Å². The molecule has 0 unspecified atom stereocenters. The molecule has 0 saturated heterocycles. The van der Waals surface area contributed by atoms with Gasteiger partial charge in [0.15, 0.2) is 17.5 Å². The lowest BCUT2D eigenvalue weighted by molar-refractivity contribution is 0.102. The number of carbonyl (C=O) groups excluding carboxylic acids is 1. The van der Waals surface area contributed by atoms with Crippen molar-refractivity contribution in [2.75, 3.05) is 5.32 Å². The Kier molecular flexibility index (Phi) is 3.46. The van der Waals surface area contributed by atoms with Crippen molar-refractivity contribution in [1.82, 2.24) is 4.98 Å². The summed E-state index contributed by atoms with van der Waals surface area (Å²) in [5.74, 6) is -6.53. The molecule has 1 heterocycles. The molecule has 2 aromatic rings. The van der Waals surface area contributed by atoms with Crippen molar-refractivity contribution in [2.45, 2.75) is 0 Å². The van der Waals surface area contributed by atoms with Gasteiger partial charge < -0.3 is 5.32 Å². The van der Waals surface area contributed by atoms with E-state index in [2.05, 4.69) is 10.3 Å². The third-order valence-corrected chi connectivity index (χ3v) is 2.20. The van der Waals surface area contributed by atoms with E-state index in [1.807, 2.05) is 0 Å². The molecular weight excluding hydrogens is 264 g/mol. The normalized spacial score (nSPS) is 10.3.